The lowest BCUT2D eigenvalue weighted by Gasteiger charge is -2.34. The molecule has 4 heteroatoms. The molecular weight excluding hydrogens is 236 g/mol. The summed E-state index contributed by atoms with van der Waals surface area (Å²) in [5.41, 5.74) is 7.06. The molecule has 1 aromatic rings. The van der Waals surface area contributed by atoms with Gasteiger partial charge in [0.25, 0.3) is 0 Å². The number of hydrogen-bond acceptors (Lipinski definition) is 3. The molecule has 0 bridgehead atoms. The zero-order valence-electron chi connectivity index (χ0n) is 9.53. The second-order valence-electron chi connectivity index (χ2n) is 4.42. The molecule has 0 heterocycles. The minimum absolute atomic E-state index is 0.315. The molecule has 1 aromatic carbocycles. The van der Waals surface area contributed by atoms with Gasteiger partial charge in [-0.2, -0.15) is 5.26 Å². The lowest BCUT2D eigenvalue weighted by atomic mass is 9.82. The molecule has 1 saturated carbocycles. The average molecular weight is 251 g/mol. The third-order valence-corrected chi connectivity index (χ3v) is 3.53. The van der Waals surface area contributed by atoms with Gasteiger partial charge in [-0.25, -0.2) is 0 Å². The van der Waals surface area contributed by atoms with Gasteiger partial charge in [0.05, 0.1) is 24.3 Å². The lowest BCUT2D eigenvalue weighted by molar-refractivity contribution is -0.0375. The molecule has 0 amide bonds. The third-order valence-electron chi connectivity index (χ3n) is 3.18. The number of benzene rings is 1. The van der Waals surface area contributed by atoms with Crippen molar-refractivity contribution in [1.29, 1.82) is 5.26 Å². The second kappa shape index (κ2) is 5.50. The van der Waals surface area contributed by atoms with Crippen LogP contribution >= 0.6 is 11.6 Å². The largest absolute Gasteiger partial charge is 0.373 e. The normalized spacial score (nSPS) is 22.9. The van der Waals surface area contributed by atoms with Crippen molar-refractivity contribution < 1.29 is 4.74 Å². The number of nitrogens with zero attached hydrogens (tertiary/aromatic N) is 1. The molecule has 3 nitrogen and oxygen atoms in total. The van der Waals surface area contributed by atoms with Gasteiger partial charge in [0.15, 0.2) is 0 Å². The fourth-order valence-corrected chi connectivity index (χ4v) is 2.18. The van der Waals surface area contributed by atoms with Crippen molar-refractivity contribution >= 4 is 11.6 Å². The number of hydrogen-bond donors (Lipinski definition) is 1. The summed E-state index contributed by atoms with van der Waals surface area (Å²) in [6, 6.07) is 7.33. The van der Waals surface area contributed by atoms with Gasteiger partial charge in [-0.1, -0.05) is 17.7 Å². The van der Waals surface area contributed by atoms with E-state index in [9.17, 15) is 0 Å². The summed E-state index contributed by atoms with van der Waals surface area (Å²) in [6.45, 7) is 1.25. The first kappa shape index (κ1) is 12.4. The fraction of sp³-hybridized carbons (Fsp3) is 0.462. The first-order valence-electron chi connectivity index (χ1n) is 5.73. The summed E-state index contributed by atoms with van der Waals surface area (Å²) in [6.07, 6.45) is 2.41. The first-order chi connectivity index (χ1) is 8.22. The van der Waals surface area contributed by atoms with Crippen LogP contribution in [0.5, 0.6) is 0 Å². The Hall–Kier alpha value is -1.08. The summed E-state index contributed by atoms with van der Waals surface area (Å²) >= 11 is 6.06. The minimum Gasteiger partial charge on any atom is -0.373 e. The van der Waals surface area contributed by atoms with Crippen LogP contribution in [-0.2, 0) is 11.3 Å². The van der Waals surface area contributed by atoms with Crippen molar-refractivity contribution in [2.75, 3.05) is 6.54 Å². The van der Waals surface area contributed by atoms with Gasteiger partial charge < -0.3 is 10.5 Å². The van der Waals surface area contributed by atoms with Gasteiger partial charge in [-0.05, 0) is 43.0 Å². The number of nitriles is 1. The molecule has 1 aliphatic rings. The van der Waals surface area contributed by atoms with Gasteiger partial charge in [-0.3, -0.25) is 0 Å². The van der Waals surface area contributed by atoms with Crippen LogP contribution in [-0.4, -0.2) is 12.6 Å². The Balaban J connectivity index is 1.86. The van der Waals surface area contributed by atoms with E-state index in [1.165, 1.54) is 0 Å². The summed E-state index contributed by atoms with van der Waals surface area (Å²) in [7, 11) is 0. The van der Waals surface area contributed by atoms with Crippen molar-refractivity contribution in [2.24, 2.45) is 11.7 Å². The Morgan fingerprint density at radius 2 is 2.24 bits per heavy atom. The van der Waals surface area contributed by atoms with E-state index in [-0.39, 0.29) is 0 Å². The van der Waals surface area contributed by atoms with Gasteiger partial charge in [0, 0.05) is 5.02 Å². The maximum absolute atomic E-state index is 8.72. The van der Waals surface area contributed by atoms with Crippen molar-refractivity contribution in [1.82, 2.24) is 0 Å². The van der Waals surface area contributed by atoms with E-state index in [2.05, 4.69) is 6.07 Å². The van der Waals surface area contributed by atoms with Crippen LogP contribution in [0.4, 0.5) is 0 Å². The van der Waals surface area contributed by atoms with E-state index in [1.54, 1.807) is 12.1 Å². The highest BCUT2D eigenvalue weighted by Gasteiger charge is 2.28. The molecule has 0 saturated heterocycles. The van der Waals surface area contributed by atoms with E-state index >= 15 is 0 Å². The van der Waals surface area contributed by atoms with Gasteiger partial charge in [0.2, 0.25) is 0 Å². The van der Waals surface area contributed by atoms with Crippen LogP contribution < -0.4 is 5.73 Å². The first-order valence-corrected chi connectivity index (χ1v) is 6.11. The smallest absolute Gasteiger partial charge is 0.0992 e. The number of halogens is 1. The highest BCUT2D eigenvalue weighted by Crippen LogP contribution is 2.30. The number of ether oxygens (including phenoxy) is 1. The van der Waals surface area contributed by atoms with Gasteiger partial charge >= 0.3 is 0 Å². The predicted molar refractivity (Wildman–Crippen MR) is 66.5 cm³/mol. The molecule has 0 spiro atoms. The molecule has 1 aliphatic carbocycles. The molecule has 0 atom stereocenters. The molecule has 0 aliphatic heterocycles. The predicted octanol–water partition coefficient (Wildman–Crippen LogP) is 2.47. The summed E-state index contributed by atoms with van der Waals surface area (Å²) < 4.78 is 5.73. The quantitative estimate of drug-likeness (QED) is 0.893. The zero-order chi connectivity index (χ0) is 12.3. The van der Waals surface area contributed by atoms with E-state index in [0.29, 0.717) is 29.2 Å². The zero-order valence-corrected chi connectivity index (χ0v) is 10.3. The molecule has 17 heavy (non-hydrogen) atoms. The van der Waals surface area contributed by atoms with E-state index in [1.807, 2.05) is 6.07 Å². The maximum atomic E-state index is 8.72. The van der Waals surface area contributed by atoms with Crippen molar-refractivity contribution in [2.45, 2.75) is 25.6 Å². The lowest BCUT2D eigenvalue weighted by Crippen LogP contribution is -2.35. The summed E-state index contributed by atoms with van der Waals surface area (Å²) in [5.74, 6) is 0.622. The van der Waals surface area contributed by atoms with Gasteiger partial charge in [-0.15, -0.1) is 0 Å². The molecule has 0 radical (unpaired) electrons. The van der Waals surface area contributed by atoms with Crippen LogP contribution in [0.3, 0.4) is 0 Å². The highest BCUT2D eigenvalue weighted by molar-refractivity contribution is 6.31. The Morgan fingerprint density at radius 1 is 1.47 bits per heavy atom. The molecule has 2 N–H and O–H groups in total. The maximum Gasteiger partial charge on any atom is 0.0992 e. The number of nitrogens with two attached hydrogens (primary N) is 1. The molecule has 0 aromatic heterocycles. The van der Waals surface area contributed by atoms with Crippen LogP contribution in [0, 0.1) is 17.2 Å². The highest BCUT2D eigenvalue weighted by atomic mass is 35.5. The molecule has 1 fully saturated rings. The Labute approximate surface area is 106 Å². The van der Waals surface area contributed by atoms with Crippen LogP contribution in [0.2, 0.25) is 5.02 Å². The third kappa shape index (κ3) is 2.98. The van der Waals surface area contributed by atoms with Crippen molar-refractivity contribution in [3.63, 3.8) is 0 Å². The van der Waals surface area contributed by atoms with Crippen molar-refractivity contribution in [3.05, 3.63) is 34.3 Å². The molecular formula is C13H15ClN2O. The SMILES string of the molecule is N#Cc1ccc(COC2CC(CN)C2)c(Cl)c1. The second-order valence-corrected chi connectivity index (χ2v) is 4.83. The van der Waals surface area contributed by atoms with Crippen molar-refractivity contribution in [3.8, 4) is 6.07 Å². The molecule has 90 valence electrons. The number of rotatable bonds is 4. The van der Waals surface area contributed by atoms with E-state index in [0.717, 1.165) is 24.9 Å². The fourth-order valence-electron chi connectivity index (χ4n) is 1.94. The monoisotopic (exact) mass is 250 g/mol. The summed E-state index contributed by atoms with van der Waals surface area (Å²) in [4.78, 5) is 0. The van der Waals surface area contributed by atoms with Gasteiger partial charge in [0.1, 0.15) is 0 Å². The van der Waals surface area contributed by atoms with Crippen LogP contribution in [0.1, 0.15) is 24.0 Å². The van der Waals surface area contributed by atoms with Crippen LogP contribution in [0.15, 0.2) is 18.2 Å². The molecule has 0 unspecified atom stereocenters. The Morgan fingerprint density at radius 3 is 2.82 bits per heavy atom. The Kier molecular flexibility index (Phi) is 4.01. The van der Waals surface area contributed by atoms with E-state index < -0.39 is 0 Å². The topological polar surface area (TPSA) is 59.0 Å². The Bertz CT molecular complexity index is 436. The van der Waals surface area contributed by atoms with E-state index in [4.69, 9.17) is 27.3 Å². The standard InChI is InChI=1S/C13H15ClN2O/c14-13-5-9(6-15)1-2-11(13)8-17-12-3-10(4-12)7-16/h1-2,5,10,12H,3-4,7-8,16H2. The summed E-state index contributed by atoms with van der Waals surface area (Å²) in [5, 5.41) is 9.32. The minimum atomic E-state index is 0.315. The average Bonchev–Trinajstić information content (AvgIpc) is 2.29. The molecule has 2 rings (SSSR count). The van der Waals surface area contributed by atoms with Crippen LogP contribution in [0.25, 0.3) is 0 Å².